The van der Waals surface area contributed by atoms with E-state index in [-0.39, 0.29) is 31.5 Å². The first-order chi connectivity index (χ1) is 11.4. The number of nitrogens with zero attached hydrogens (tertiary/aromatic N) is 2. The Morgan fingerprint density at radius 2 is 1.92 bits per heavy atom. The third-order valence-electron chi connectivity index (χ3n) is 3.00. The number of benzene rings is 1. The van der Waals surface area contributed by atoms with Gasteiger partial charge in [0, 0.05) is 30.8 Å². The van der Waals surface area contributed by atoms with Crippen molar-refractivity contribution in [3.63, 3.8) is 0 Å². The van der Waals surface area contributed by atoms with Crippen LogP contribution in [0.3, 0.4) is 0 Å². The number of aromatic nitrogens is 2. The summed E-state index contributed by atoms with van der Waals surface area (Å²) in [6.07, 6.45) is -4.20. The molecule has 0 spiro atoms. The summed E-state index contributed by atoms with van der Waals surface area (Å²) in [6.45, 7) is 0.461. The van der Waals surface area contributed by atoms with Gasteiger partial charge in [0.2, 0.25) is 5.95 Å². The summed E-state index contributed by atoms with van der Waals surface area (Å²) in [4.78, 5) is 7.46. The molecule has 5 nitrogen and oxygen atoms in total. The quantitative estimate of drug-likeness (QED) is 0.659. The Labute approximate surface area is 141 Å². The van der Waals surface area contributed by atoms with Crippen molar-refractivity contribution in [1.29, 1.82) is 0 Å². The Morgan fingerprint density at radius 3 is 2.58 bits per heavy atom. The fourth-order valence-electron chi connectivity index (χ4n) is 1.88. The Balaban J connectivity index is 2.16. The number of hydrogen-bond acceptors (Lipinski definition) is 5. The van der Waals surface area contributed by atoms with Gasteiger partial charge in [0.15, 0.2) is 5.69 Å². The number of hydrogen-bond donors (Lipinski definition) is 3. The molecule has 1 aromatic heterocycles. The molecule has 0 aliphatic heterocycles. The van der Waals surface area contributed by atoms with E-state index in [1.54, 1.807) is 24.3 Å². The summed E-state index contributed by atoms with van der Waals surface area (Å²) < 4.78 is 38.8. The SMILES string of the molecule is OCCCNc1nc(NCc2cccc(Cl)c2)cc(C(F)(F)F)n1. The third kappa shape index (κ3) is 5.54. The van der Waals surface area contributed by atoms with Crippen molar-refractivity contribution in [2.75, 3.05) is 23.8 Å². The van der Waals surface area contributed by atoms with E-state index in [2.05, 4.69) is 20.6 Å². The number of aliphatic hydroxyl groups excluding tert-OH is 1. The molecule has 0 radical (unpaired) electrons. The molecule has 3 N–H and O–H groups in total. The summed E-state index contributed by atoms with van der Waals surface area (Å²) in [5.41, 5.74) is -0.234. The molecule has 0 amide bonds. The zero-order valence-corrected chi connectivity index (χ0v) is 13.3. The fraction of sp³-hybridized carbons (Fsp3) is 0.333. The van der Waals surface area contributed by atoms with Crippen LogP contribution in [0.2, 0.25) is 5.02 Å². The first-order valence-electron chi connectivity index (χ1n) is 7.18. The van der Waals surface area contributed by atoms with E-state index in [1.807, 2.05) is 0 Å². The van der Waals surface area contributed by atoms with Crippen LogP contribution >= 0.6 is 11.6 Å². The van der Waals surface area contributed by atoms with Gasteiger partial charge in [-0.15, -0.1) is 0 Å². The second-order valence-electron chi connectivity index (χ2n) is 4.95. The molecule has 0 saturated carbocycles. The van der Waals surface area contributed by atoms with Gasteiger partial charge in [0.1, 0.15) is 5.82 Å². The number of alkyl halides is 3. The monoisotopic (exact) mass is 360 g/mol. The lowest BCUT2D eigenvalue weighted by Gasteiger charge is -2.13. The van der Waals surface area contributed by atoms with Gasteiger partial charge in [-0.3, -0.25) is 0 Å². The van der Waals surface area contributed by atoms with Gasteiger partial charge in [0.05, 0.1) is 0 Å². The molecule has 1 aromatic carbocycles. The highest BCUT2D eigenvalue weighted by Gasteiger charge is 2.33. The molecule has 24 heavy (non-hydrogen) atoms. The molecule has 0 unspecified atom stereocenters. The maximum absolute atomic E-state index is 12.9. The Hall–Kier alpha value is -2.06. The standard InChI is InChI=1S/C15H16ClF3N4O/c16-11-4-1-3-10(7-11)9-21-13-8-12(15(17,18)19)22-14(23-13)20-5-2-6-24/h1,3-4,7-8,24H,2,5-6,9H2,(H2,20,21,22,23). The number of anilines is 2. The smallest absolute Gasteiger partial charge is 0.396 e. The van der Waals surface area contributed by atoms with Crippen LogP contribution in [-0.4, -0.2) is 28.2 Å². The number of rotatable bonds is 7. The summed E-state index contributed by atoms with van der Waals surface area (Å²) in [7, 11) is 0. The van der Waals surface area contributed by atoms with Gasteiger partial charge >= 0.3 is 6.18 Å². The maximum Gasteiger partial charge on any atom is 0.433 e. The maximum atomic E-state index is 12.9. The minimum absolute atomic E-state index is 0.0452. The number of halogens is 4. The highest BCUT2D eigenvalue weighted by molar-refractivity contribution is 6.30. The van der Waals surface area contributed by atoms with E-state index in [1.165, 1.54) is 0 Å². The van der Waals surface area contributed by atoms with E-state index in [0.717, 1.165) is 11.6 Å². The topological polar surface area (TPSA) is 70.1 Å². The number of aliphatic hydroxyl groups is 1. The van der Waals surface area contributed by atoms with E-state index in [4.69, 9.17) is 16.7 Å². The van der Waals surface area contributed by atoms with Crippen LogP contribution < -0.4 is 10.6 Å². The molecule has 1 heterocycles. The average molecular weight is 361 g/mol. The van der Waals surface area contributed by atoms with Crippen LogP contribution in [0.1, 0.15) is 17.7 Å². The first kappa shape index (κ1) is 18.3. The summed E-state index contributed by atoms with van der Waals surface area (Å²) >= 11 is 5.88. The van der Waals surface area contributed by atoms with Crippen molar-refractivity contribution in [2.45, 2.75) is 19.1 Å². The fourth-order valence-corrected chi connectivity index (χ4v) is 2.09. The predicted octanol–water partition coefficient (Wildman–Crippen LogP) is 3.56. The second kappa shape index (κ2) is 8.16. The highest BCUT2D eigenvalue weighted by atomic mass is 35.5. The van der Waals surface area contributed by atoms with E-state index in [9.17, 15) is 13.2 Å². The van der Waals surface area contributed by atoms with E-state index < -0.39 is 11.9 Å². The molecule has 2 aromatic rings. The molecule has 0 aliphatic rings. The van der Waals surface area contributed by atoms with Gasteiger partial charge in [-0.2, -0.15) is 18.2 Å². The molecular weight excluding hydrogens is 345 g/mol. The number of nitrogens with one attached hydrogen (secondary N) is 2. The van der Waals surface area contributed by atoms with E-state index in [0.29, 0.717) is 11.4 Å². The largest absolute Gasteiger partial charge is 0.433 e. The average Bonchev–Trinajstić information content (AvgIpc) is 2.52. The van der Waals surface area contributed by atoms with Crippen molar-refractivity contribution < 1.29 is 18.3 Å². The van der Waals surface area contributed by atoms with Crippen LogP contribution in [0.25, 0.3) is 0 Å². The lowest BCUT2D eigenvalue weighted by atomic mass is 10.2. The van der Waals surface area contributed by atoms with Gasteiger partial charge in [-0.05, 0) is 24.1 Å². The van der Waals surface area contributed by atoms with Crippen molar-refractivity contribution in [2.24, 2.45) is 0 Å². The van der Waals surface area contributed by atoms with Crippen LogP contribution in [0.4, 0.5) is 24.9 Å². The van der Waals surface area contributed by atoms with Gasteiger partial charge in [-0.1, -0.05) is 23.7 Å². The lowest BCUT2D eigenvalue weighted by Crippen LogP contribution is -2.15. The normalized spacial score (nSPS) is 11.4. The summed E-state index contributed by atoms with van der Waals surface area (Å²) in [5.74, 6) is -0.101. The molecule has 0 atom stereocenters. The van der Waals surface area contributed by atoms with Gasteiger partial charge in [-0.25, -0.2) is 4.98 Å². The highest BCUT2D eigenvalue weighted by Crippen LogP contribution is 2.29. The van der Waals surface area contributed by atoms with Gasteiger partial charge < -0.3 is 15.7 Å². The minimum atomic E-state index is -4.58. The molecule has 0 bridgehead atoms. The lowest BCUT2D eigenvalue weighted by molar-refractivity contribution is -0.141. The van der Waals surface area contributed by atoms with Crippen molar-refractivity contribution in [1.82, 2.24) is 9.97 Å². The Kier molecular flexibility index (Phi) is 6.22. The molecule has 0 saturated heterocycles. The molecular formula is C15H16ClF3N4O. The summed E-state index contributed by atoms with van der Waals surface area (Å²) in [6, 6.07) is 7.82. The van der Waals surface area contributed by atoms with E-state index >= 15 is 0 Å². The Morgan fingerprint density at radius 1 is 1.12 bits per heavy atom. The van der Waals surface area contributed by atoms with Crippen molar-refractivity contribution in [3.05, 3.63) is 46.6 Å². The molecule has 0 aliphatic carbocycles. The molecule has 130 valence electrons. The summed E-state index contributed by atoms with van der Waals surface area (Å²) in [5, 5.41) is 14.8. The minimum Gasteiger partial charge on any atom is -0.396 e. The third-order valence-corrected chi connectivity index (χ3v) is 3.23. The van der Waals surface area contributed by atoms with Gasteiger partial charge in [0.25, 0.3) is 0 Å². The Bertz CT molecular complexity index is 682. The zero-order valence-electron chi connectivity index (χ0n) is 12.6. The first-order valence-corrected chi connectivity index (χ1v) is 7.55. The molecule has 9 heteroatoms. The van der Waals surface area contributed by atoms with Crippen LogP contribution in [-0.2, 0) is 12.7 Å². The van der Waals surface area contributed by atoms with Crippen LogP contribution in [0.5, 0.6) is 0 Å². The second-order valence-corrected chi connectivity index (χ2v) is 5.38. The van der Waals surface area contributed by atoms with Crippen molar-refractivity contribution >= 4 is 23.4 Å². The predicted molar refractivity (Wildman–Crippen MR) is 86.0 cm³/mol. The van der Waals surface area contributed by atoms with Crippen LogP contribution in [0, 0.1) is 0 Å². The van der Waals surface area contributed by atoms with Crippen LogP contribution in [0.15, 0.2) is 30.3 Å². The zero-order chi connectivity index (χ0) is 17.6. The van der Waals surface area contributed by atoms with Crippen molar-refractivity contribution in [3.8, 4) is 0 Å². The molecule has 0 fully saturated rings. The molecule has 2 rings (SSSR count).